The van der Waals surface area contributed by atoms with Gasteiger partial charge >= 0.3 is 0 Å². The number of fused-ring (bicyclic) bond motifs is 1. The number of rotatable bonds is 1. The first kappa shape index (κ1) is 10.4. The van der Waals surface area contributed by atoms with Gasteiger partial charge < -0.3 is 10.3 Å². The predicted molar refractivity (Wildman–Crippen MR) is 66.5 cm³/mol. The lowest BCUT2D eigenvalue weighted by atomic mass is 10.1. The lowest BCUT2D eigenvalue weighted by Gasteiger charge is -2.02. The summed E-state index contributed by atoms with van der Waals surface area (Å²) in [6, 6.07) is 3.90. The van der Waals surface area contributed by atoms with Crippen molar-refractivity contribution >= 4 is 28.2 Å². The molecule has 3 heteroatoms. The highest BCUT2D eigenvalue weighted by Crippen LogP contribution is 2.34. The SMILES string of the molecule is CCc1c(C)c2c(Cl)c(N)ccc2n1C. The average molecular weight is 223 g/mol. The van der Waals surface area contributed by atoms with E-state index in [1.165, 1.54) is 11.3 Å². The molecule has 2 N–H and O–H groups in total. The minimum Gasteiger partial charge on any atom is -0.398 e. The van der Waals surface area contributed by atoms with Crippen LogP contribution in [0.4, 0.5) is 5.69 Å². The summed E-state index contributed by atoms with van der Waals surface area (Å²) < 4.78 is 2.19. The number of anilines is 1. The van der Waals surface area contributed by atoms with Crippen molar-refractivity contribution in [2.45, 2.75) is 20.3 Å². The van der Waals surface area contributed by atoms with Gasteiger partial charge in [0.25, 0.3) is 0 Å². The van der Waals surface area contributed by atoms with Gasteiger partial charge in [0.2, 0.25) is 0 Å². The molecule has 0 spiro atoms. The lowest BCUT2D eigenvalue weighted by Crippen LogP contribution is -1.94. The van der Waals surface area contributed by atoms with Crippen LogP contribution in [0, 0.1) is 6.92 Å². The van der Waals surface area contributed by atoms with Gasteiger partial charge in [-0.25, -0.2) is 0 Å². The van der Waals surface area contributed by atoms with Gasteiger partial charge in [0.05, 0.1) is 10.7 Å². The van der Waals surface area contributed by atoms with Crippen LogP contribution in [0.3, 0.4) is 0 Å². The maximum absolute atomic E-state index is 6.24. The van der Waals surface area contributed by atoms with E-state index in [-0.39, 0.29) is 0 Å². The smallest absolute Gasteiger partial charge is 0.0731 e. The van der Waals surface area contributed by atoms with Crippen LogP contribution in [-0.4, -0.2) is 4.57 Å². The molecule has 2 aromatic rings. The Morgan fingerprint density at radius 1 is 1.40 bits per heavy atom. The number of nitrogens with two attached hydrogens (primary N) is 1. The lowest BCUT2D eigenvalue weighted by molar-refractivity contribution is 0.857. The molecule has 15 heavy (non-hydrogen) atoms. The Morgan fingerprint density at radius 2 is 2.07 bits per heavy atom. The summed E-state index contributed by atoms with van der Waals surface area (Å²) in [7, 11) is 2.07. The molecule has 2 rings (SSSR count). The highest BCUT2D eigenvalue weighted by Gasteiger charge is 2.14. The van der Waals surface area contributed by atoms with Gasteiger partial charge in [-0.05, 0) is 31.0 Å². The zero-order valence-electron chi connectivity index (χ0n) is 9.26. The van der Waals surface area contributed by atoms with Gasteiger partial charge in [-0.3, -0.25) is 0 Å². The molecule has 80 valence electrons. The van der Waals surface area contributed by atoms with Crippen molar-refractivity contribution in [3.8, 4) is 0 Å². The average Bonchev–Trinajstić information content (AvgIpc) is 2.45. The Bertz CT molecular complexity index is 526. The number of hydrogen-bond acceptors (Lipinski definition) is 1. The van der Waals surface area contributed by atoms with Crippen LogP contribution in [0.5, 0.6) is 0 Å². The molecule has 0 saturated heterocycles. The van der Waals surface area contributed by atoms with Crippen LogP contribution < -0.4 is 5.73 Å². The zero-order valence-corrected chi connectivity index (χ0v) is 10.0. The fourth-order valence-corrected chi connectivity index (χ4v) is 2.56. The highest BCUT2D eigenvalue weighted by molar-refractivity contribution is 6.38. The molecule has 0 fully saturated rings. The third kappa shape index (κ3) is 1.32. The van der Waals surface area contributed by atoms with E-state index in [2.05, 4.69) is 25.5 Å². The molecule has 0 atom stereocenters. The molecule has 0 aliphatic heterocycles. The molecule has 0 bridgehead atoms. The summed E-state index contributed by atoms with van der Waals surface area (Å²) >= 11 is 6.24. The minimum absolute atomic E-state index is 0.653. The van der Waals surface area contributed by atoms with Crippen molar-refractivity contribution in [3.05, 3.63) is 28.4 Å². The van der Waals surface area contributed by atoms with E-state index in [0.717, 1.165) is 17.3 Å². The van der Waals surface area contributed by atoms with Crippen molar-refractivity contribution in [1.29, 1.82) is 0 Å². The van der Waals surface area contributed by atoms with Gasteiger partial charge in [-0.1, -0.05) is 18.5 Å². The zero-order chi connectivity index (χ0) is 11.2. The van der Waals surface area contributed by atoms with E-state index in [9.17, 15) is 0 Å². The molecule has 0 aliphatic carbocycles. The number of aryl methyl sites for hydroxylation is 2. The van der Waals surface area contributed by atoms with Gasteiger partial charge in [-0.2, -0.15) is 0 Å². The van der Waals surface area contributed by atoms with Crippen LogP contribution >= 0.6 is 11.6 Å². The van der Waals surface area contributed by atoms with E-state index >= 15 is 0 Å². The minimum atomic E-state index is 0.653. The van der Waals surface area contributed by atoms with Crippen LogP contribution in [0.15, 0.2) is 12.1 Å². The summed E-state index contributed by atoms with van der Waals surface area (Å²) in [5, 5.41) is 1.77. The Hall–Kier alpha value is -1.15. The summed E-state index contributed by atoms with van der Waals surface area (Å²) in [6.45, 7) is 4.25. The van der Waals surface area contributed by atoms with Gasteiger partial charge in [0.15, 0.2) is 0 Å². The largest absolute Gasteiger partial charge is 0.398 e. The second-order valence-electron chi connectivity index (χ2n) is 3.85. The van der Waals surface area contributed by atoms with E-state index in [1.54, 1.807) is 0 Å². The fourth-order valence-electron chi connectivity index (χ4n) is 2.26. The number of aromatic nitrogens is 1. The maximum atomic E-state index is 6.24. The highest BCUT2D eigenvalue weighted by atomic mass is 35.5. The van der Waals surface area contributed by atoms with Crippen molar-refractivity contribution in [1.82, 2.24) is 4.57 Å². The monoisotopic (exact) mass is 222 g/mol. The second kappa shape index (κ2) is 3.46. The molecule has 0 radical (unpaired) electrons. The summed E-state index contributed by atoms with van der Waals surface area (Å²) in [4.78, 5) is 0. The van der Waals surface area contributed by atoms with E-state index in [1.807, 2.05) is 12.1 Å². The fraction of sp³-hybridized carbons (Fsp3) is 0.333. The quantitative estimate of drug-likeness (QED) is 0.738. The third-order valence-corrected chi connectivity index (χ3v) is 3.47. The Balaban J connectivity index is 2.96. The first-order valence-corrected chi connectivity index (χ1v) is 5.47. The summed E-state index contributed by atoms with van der Waals surface area (Å²) in [6.07, 6.45) is 1.01. The normalized spacial score (nSPS) is 11.2. The molecule has 0 amide bonds. The third-order valence-electron chi connectivity index (χ3n) is 3.06. The molecule has 1 aromatic heterocycles. The van der Waals surface area contributed by atoms with E-state index < -0.39 is 0 Å². The van der Waals surface area contributed by atoms with Crippen LogP contribution in [0.1, 0.15) is 18.2 Å². The van der Waals surface area contributed by atoms with Crippen molar-refractivity contribution in [2.75, 3.05) is 5.73 Å². The molecule has 1 heterocycles. The second-order valence-corrected chi connectivity index (χ2v) is 4.23. The number of nitrogens with zero attached hydrogens (tertiary/aromatic N) is 1. The first-order valence-electron chi connectivity index (χ1n) is 5.09. The standard InChI is InChI=1S/C12H15ClN2/c1-4-9-7(2)11-10(15(9)3)6-5-8(14)12(11)13/h5-6H,4,14H2,1-3H3. The summed E-state index contributed by atoms with van der Waals surface area (Å²) in [5.74, 6) is 0. The Labute approximate surface area is 94.6 Å². The molecule has 0 saturated carbocycles. The van der Waals surface area contributed by atoms with E-state index in [4.69, 9.17) is 17.3 Å². The first-order chi connectivity index (χ1) is 7.07. The molecular formula is C12H15ClN2. The van der Waals surface area contributed by atoms with Crippen molar-refractivity contribution < 1.29 is 0 Å². The summed E-state index contributed by atoms with van der Waals surface area (Å²) in [5.41, 5.74) is 10.2. The number of hydrogen-bond donors (Lipinski definition) is 1. The van der Waals surface area contributed by atoms with Crippen molar-refractivity contribution in [2.24, 2.45) is 7.05 Å². The van der Waals surface area contributed by atoms with Gasteiger partial charge in [-0.15, -0.1) is 0 Å². The topological polar surface area (TPSA) is 30.9 Å². The molecular weight excluding hydrogens is 208 g/mol. The maximum Gasteiger partial charge on any atom is 0.0731 e. The van der Waals surface area contributed by atoms with Gasteiger partial charge in [0, 0.05) is 23.6 Å². The van der Waals surface area contributed by atoms with Crippen molar-refractivity contribution in [3.63, 3.8) is 0 Å². The Kier molecular flexibility index (Phi) is 2.39. The van der Waals surface area contributed by atoms with Crippen LogP contribution in [0.2, 0.25) is 5.02 Å². The molecule has 0 unspecified atom stereocenters. The van der Waals surface area contributed by atoms with Crippen LogP contribution in [-0.2, 0) is 13.5 Å². The Morgan fingerprint density at radius 3 is 2.67 bits per heavy atom. The number of halogens is 1. The van der Waals surface area contributed by atoms with Gasteiger partial charge in [0.1, 0.15) is 0 Å². The number of benzene rings is 1. The molecule has 2 nitrogen and oxygen atoms in total. The van der Waals surface area contributed by atoms with E-state index in [0.29, 0.717) is 10.7 Å². The molecule has 1 aromatic carbocycles. The number of nitrogen functional groups attached to an aromatic ring is 1. The predicted octanol–water partition coefficient (Wildman–Crippen LogP) is 3.28. The van der Waals surface area contributed by atoms with Crippen LogP contribution in [0.25, 0.3) is 10.9 Å². The molecule has 0 aliphatic rings.